The number of rotatable bonds is 3. The van der Waals surface area contributed by atoms with Gasteiger partial charge in [0.25, 0.3) is 0 Å². The molecule has 3 aromatic rings. The third kappa shape index (κ3) is 3.21. The van der Waals surface area contributed by atoms with Gasteiger partial charge in [0.2, 0.25) is 5.89 Å². The fourth-order valence-electron chi connectivity index (χ4n) is 3.81. The lowest BCUT2D eigenvalue weighted by atomic mass is 9.94. The monoisotopic (exact) mass is 334 g/mol. The van der Waals surface area contributed by atoms with Gasteiger partial charge in [-0.05, 0) is 35.7 Å². The maximum atomic E-state index is 6.03. The van der Waals surface area contributed by atoms with Gasteiger partial charge in [-0.15, -0.1) is 0 Å². The number of hydrogen-bond acceptors (Lipinski definition) is 3. The maximum Gasteiger partial charge on any atom is 0.208 e. The molecule has 0 radical (unpaired) electrons. The molecular formula is C22H26N2O. The molecule has 4 rings (SSSR count). The first-order chi connectivity index (χ1) is 12.0. The highest BCUT2D eigenvalue weighted by Gasteiger charge is 2.29. The topological polar surface area (TPSA) is 29.3 Å². The van der Waals surface area contributed by atoms with E-state index in [9.17, 15) is 0 Å². The lowest BCUT2D eigenvalue weighted by molar-refractivity contribution is 0.219. The van der Waals surface area contributed by atoms with Crippen LogP contribution in [0.4, 0.5) is 0 Å². The van der Waals surface area contributed by atoms with Crippen LogP contribution < -0.4 is 0 Å². The third-order valence-corrected chi connectivity index (χ3v) is 5.18. The van der Waals surface area contributed by atoms with Crippen molar-refractivity contribution in [3.05, 3.63) is 65.9 Å². The van der Waals surface area contributed by atoms with Gasteiger partial charge >= 0.3 is 0 Å². The summed E-state index contributed by atoms with van der Waals surface area (Å²) in [5.74, 6) is 1.79. The summed E-state index contributed by atoms with van der Waals surface area (Å²) in [5, 5.41) is 2.68. The molecule has 3 heteroatoms. The lowest BCUT2D eigenvalue weighted by Gasteiger charge is -2.24. The number of benzene rings is 2. The number of likely N-dealkylation sites (tertiary alicyclic amines) is 1. The summed E-state index contributed by atoms with van der Waals surface area (Å²) in [6.45, 7) is 8.36. The Hall–Kier alpha value is -2.13. The molecule has 0 amide bonds. The van der Waals surface area contributed by atoms with Gasteiger partial charge in [-0.25, -0.2) is 4.98 Å². The zero-order valence-corrected chi connectivity index (χ0v) is 15.3. The van der Waals surface area contributed by atoms with E-state index in [1.165, 1.54) is 29.2 Å². The molecule has 1 saturated heterocycles. The summed E-state index contributed by atoms with van der Waals surface area (Å²) >= 11 is 0. The van der Waals surface area contributed by atoms with Gasteiger partial charge in [-0.1, -0.05) is 63.2 Å². The zero-order chi connectivity index (χ0) is 17.4. The van der Waals surface area contributed by atoms with Crippen LogP contribution in [0.3, 0.4) is 0 Å². The van der Waals surface area contributed by atoms with E-state index in [1.54, 1.807) is 0 Å². The number of fused-ring (bicyclic) bond motifs is 1. The minimum atomic E-state index is 0.00525. The number of hydrogen-bond donors (Lipinski definition) is 0. The average Bonchev–Trinajstić information content (AvgIpc) is 3.24. The van der Waals surface area contributed by atoms with Gasteiger partial charge < -0.3 is 4.42 Å². The van der Waals surface area contributed by atoms with Crippen molar-refractivity contribution in [2.75, 3.05) is 6.54 Å². The summed E-state index contributed by atoms with van der Waals surface area (Å²) < 4.78 is 6.03. The number of oxazole rings is 1. The summed E-state index contributed by atoms with van der Waals surface area (Å²) in [5.41, 5.74) is 1.43. The first-order valence-electron chi connectivity index (χ1n) is 9.19. The highest BCUT2D eigenvalue weighted by Crippen LogP contribution is 2.37. The molecule has 1 atom stereocenters. The van der Waals surface area contributed by atoms with Crippen LogP contribution >= 0.6 is 0 Å². The van der Waals surface area contributed by atoms with Crippen molar-refractivity contribution in [3.63, 3.8) is 0 Å². The summed E-state index contributed by atoms with van der Waals surface area (Å²) in [6.07, 6.45) is 4.31. The minimum absolute atomic E-state index is 0.00525. The first-order valence-corrected chi connectivity index (χ1v) is 9.19. The lowest BCUT2D eigenvalue weighted by Crippen LogP contribution is -2.23. The van der Waals surface area contributed by atoms with E-state index >= 15 is 0 Å². The van der Waals surface area contributed by atoms with Crippen molar-refractivity contribution in [1.29, 1.82) is 0 Å². The molecule has 2 heterocycles. The molecule has 3 nitrogen and oxygen atoms in total. The van der Waals surface area contributed by atoms with Crippen molar-refractivity contribution < 1.29 is 4.42 Å². The van der Waals surface area contributed by atoms with E-state index in [-0.39, 0.29) is 5.41 Å². The van der Waals surface area contributed by atoms with E-state index < -0.39 is 0 Å². The molecule has 1 unspecified atom stereocenters. The molecule has 1 fully saturated rings. The van der Waals surface area contributed by atoms with Crippen LogP contribution in [-0.2, 0) is 12.0 Å². The highest BCUT2D eigenvalue weighted by atomic mass is 16.4. The molecule has 0 spiro atoms. The van der Waals surface area contributed by atoms with Crippen LogP contribution in [0.15, 0.2) is 53.1 Å². The van der Waals surface area contributed by atoms with E-state index in [1.807, 2.05) is 6.20 Å². The predicted molar refractivity (Wildman–Crippen MR) is 102 cm³/mol. The van der Waals surface area contributed by atoms with Crippen LogP contribution in [0.5, 0.6) is 0 Å². The van der Waals surface area contributed by atoms with Crippen molar-refractivity contribution in [2.24, 2.45) is 0 Å². The summed E-state index contributed by atoms with van der Waals surface area (Å²) in [4.78, 5) is 7.04. The van der Waals surface area contributed by atoms with Crippen molar-refractivity contribution >= 4 is 10.8 Å². The minimum Gasteiger partial charge on any atom is -0.444 e. The maximum absolute atomic E-state index is 6.03. The SMILES string of the molecule is CC(C)(C)c1cnc(CN2CCCC2c2cccc3ccccc23)o1. The van der Waals surface area contributed by atoms with Crippen molar-refractivity contribution in [2.45, 2.75) is 51.6 Å². The molecule has 1 aliphatic rings. The second-order valence-electron chi connectivity index (χ2n) is 8.07. The van der Waals surface area contributed by atoms with Crippen molar-refractivity contribution in [1.82, 2.24) is 9.88 Å². The van der Waals surface area contributed by atoms with Crippen LogP contribution in [0.25, 0.3) is 10.8 Å². The van der Waals surface area contributed by atoms with Crippen LogP contribution in [0.2, 0.25) is 0 Å². The summed E-state index contributed by atoms with van der Waals surface area (Å²) in [6, 6.07) is 15.8. The highest BCUT2D eigenvalue weighted by molar-refractivity contribution is 5.86. The van der Waals surface area contributed by atoms with Gasteiger partial charge in [-0.2, -0.15) is 0 Å². The second kappa shape index (κ2) is 6.30. The zero-order valence-electron chi connectivity index (χ0n) is 15.3. The smallest absolute Gasteiger partial charge is 0.208 e. The average molecular weight is 334 g/mol. The first kappa shape index (κ1) is 16.3. The fraction of sp³-hybridized carbons (Fsp3) is 0.409. The fourth-order valence-corrected chi connectivity index (χ4v) is 3.81. The van der Waals surface area contributed by atoms with E-state index in [0.29, 0.717) is 6.04 Å². The summed E-state index contributed by atoms with van der Waals surface area (Å²) in [7, 11) is 0. The Bertz CT molecular complexity index is 870. The molecule has 1 aliphatic heterocycles. The Balaban J connectivity index is 1.61. The van der Waals surface area contributed by atoms with Gasteiger partial charge in [0, 0.05) is 11.5 Å². The van der Waals surface area contributed by atoms with Gasteiger partial charge in [0.05, 0.1) is 12.7 Å². The van der Waals surface area contributed by atoms with Gasteiger partial charge in [0.15, 0.2) is 0 Å². The van der Waals surface area contributed by atoms with E-state index in [0.717, 1.165) is 24.7 Å². The molecule has 0 aliphatic carbocycles. The van der Waals surface area contributed by atoms with Crippen molar-refractivity contribution in [3.8, 4) is 0 Å². The largest absolute Gasteiger partial charge is 0.444 e. The van der Waals surface area contributed by atoms with E-state index in [4.69, 9.17) is 4.42 Å². The number of aromatic nitrogens is 1. The van der Waals surface area contributed by atoms with Gasteiger partial charge in [-0.3, -0.25) is 4.90 Å². The molecule has 130 valence electrons. The molecule has 1 aromatic heterocycles. The molecular weight excluding hydrogens is 308 g/mol. The van der Waals surface area contributed by atoms with Gasteiger partial charge in [0.1, 0.15) is 5.76 Å². The normalized spacial score (nSPS) is 18.9. The van der Waals surface area contributed by atoms with Crippen LogP contribution in [0, 0.1) is 0 Å². The molecule has 2 aromatic carbocycles. The van der Waals surface area contributed by atoms with Crippen LogP contribution in [0.1, 0.15) is 56.9 Å². The Labute approximate surface area is 149 Å². The Morgan fingerprint density at radius 3 is 2.72 bits per heavy atom. The Kier molecular flexibility index (Phi) is 4.12. The molecule has 25 heavy (non-hydrogen) atoms. The Morgan fingerprint density at radius 1 is 1.12 bits per heavy atom. The molecule has 0 N–H and O–H groups in total. The number of nitrogens with zero attached hydrogens (tertiary/aromatic N) is 2. The second-order valence-corrected chi connectivity index (χ2v) is 8.07. The quantitative estimate of drug-likeness (QED) is 0.636. The molecule has 0 bridgehead atoms. The standard InChI is InChI=1S/C22H26N2O/c1-22(2,3)20-14-23-21(25-20)15-24-13-7-12-19(24)18-11-6-9-16-8-4-5-10-17(16)18/h4-6,8-11,14,19H,7,12-13,15H2,1-3H3. The van der Waals surface area contributed by atoms with E-state index in [2.05, 4.69) is 73.1 Å². The molecule has 0 saturated carbocycles. The Morgan fingerprint density at radius 2 is 1.92 bits per heavy atom. The van der Waals surface area contributed by atoms with Crippen LogP contribution in [-0.4, -0.2) is 16.4 Å². The third-order valence-electron chi connectivity index (χ3n) is 5.18. The predicted octanol–water partition coefficient (Wildman–Crippen LogP) is 5.46.